The number of anilines is 1. The topological polar surface area (TPSA) is 77.2 Å². The van der Waals surface area contributed by atoms with E-state index in [9.17, 15) is 22.4 Å². The number of ether oxygens (including phenoxy) is 1. The highest BCUT2D eigenvalue weighted by Gasteiger charge is 2.49. The number of nitrogens with zero attached hydrogens (tertiary/aromatic N) is 1. The molecule has 5 nitrogen and oxygen atoms in total. The Balaban J connectivity index is 0.00000182. The number of carbonyl (C=O) groups is 1. The number of fused-ring (bicyclic) bond motifs is 2. The van der Waals surface area contributed by atoms with Crippen molar-refractivity contribution in [2.75, 3.05) is 11.9 Å². The molecule has 27 heavy (non-hydrogen) atoms. The van der Waals surface area contributed by atoms with E-state index in [2.05, 4.69) is 15.0 Å². The van der Waals surface area contributed by atoms with Crippen LogP contribution in [0, 0.1) is 17.8 Å². The SMILES string of the molecule is Cl.Cl.NC1C2CCC(C2)C1C(=O)Nc1ccc(OCC(F)(F)C(F)F)nc1. The molecule has 2 bridgehead atoms. The van der Waals surface area contributed by atoms with Crippen molar-refractivity contribution >= 4 is 36.4 Å². The minimum atomic E-state index is -4.24. The fraction of sp³-hybridized carbons (Fsp3) is 0.625. The molecular formula is C16H21Cl2F4N3O2. The molecule has 0 aromatic carbocycles. The Morgan fingerprint density at radius 1 is 1.30 bits per heavy atom. The van der Waals surface area contributed by atoms with Crippen LogP contribution in [0.1, 0.15) is 19.3 Å². The number of nitrogens with two attached hydrogens (primary N) is 1. The van der Waals surface area contributed by atoms with E-state index < -0.39 is 19.0 Å². The van der Waals surface area contributed by atoms with Crippen LogP contribution in [0.2, 0.25) is 0 Å². The van der Waals surface area contributed by atoms with Gasteiger partial charge in [-0.15, -0.1) is 24.8 Å². The second-order valence-electron chi connectivity index (χ2n) is 6.66. The largest absolute Gasteiger partial charge is 0.471 e. The molecule has 4 unspecified atom stereocenters. The van der Waals surface area contributed by atoms with Crippen molar-refractivity contribution in [3.8, 4) is 5.88 Å². The molecule has 11 heteroatoms. The molecule has 0 aliphatic heterocycles. The fourth-order valence-electron chi connectivity index (χ4n) is 3.72. The van der Waals surface area contributed by atoms with Crippen molar-refractivity contribution < 1.29 is 27.1 Å². The Labute approximate surface area is 166 Å². The van der Waals surface area contributed by atoms with Gasteiger partial charge < -0.3 is 15.8 Å². The second kappa shape index (κ2) is 9.25. The van der Waals surface area contributed by atoms with E-state index in [4.69, 9.17) is 5.73 Å². The highest BCUT2D eigenvalue weighted by Crippen LogP contribution is 2.47. The minimum Gasteiger partial charge on any atom is -0.471 e. The lowest BCUT2D eigenvalue weighted by molar-refractivity contribution is -0.148. The van der Waals surface area contributed by atoms with Crippen LogP contribution < -0.4 is 15.8 Å². The molecule has 154 valence electrons. The van der Waals surface area contributed by atoms with E-state index in [1.54, 1.807) is 0 Å². The highest BCUT2D eigenvalue weighted by atomic mass is 35.5. The fourth-order valence-corrected chi connectivity index (χ4v) is 3.72. The van der Waals surface area contributed by atoms with Gasteiger partial charge in [-0.25, -0.2) is 13.8 Å². The number of amides is 1. The zero-order valence-corrected chi connectivity index (χ0v) is 15.7. The standard InChI is InChI=1S/C16H19F4N3O2.2ClH/c17-15(18)16(19,20)7-25-11-4-3-10(6-22-11)23-14(24)12-8-1-2-9(5-8)13(12)21;;/h3-4,6,8-9,12-13,15H,1-2,5,7,21H2,(H,23,24);2*1H. The van der Waals surface area contributed by atoms with Gasteiger partial charge >= 0.3 is 12.3 Å². The van der Waals surface area contributed by atoms with E-state index in [0.717, 1.165) is 19.3 Å². The van der Waals surface area contributed by atoms with Crippen LogP contribution in [0.3, 0.4) is 0 Å². The summed E-state index contributed by atoms with van der Waals surface area (Å²) in [7, 11) is 0. The van der Waals surface area contributed by atoms with Gasteiger partial charge in [0.2, 0.25) is 11.8 Å². The van der Waals surface area contributed by atoms with Crippen molar-refractivity contribution in [2.45, 2.75) is 37.7 Å². The van der Waals surface area contributed by atoms with Crippen LogP contribution in [-0.4, -0.2) is 35.9 Å². The summed E-state index contributed by atoms with van der Waals surface area (Å²) in [6.07, 6.45) is 0.457. The summed E-state index contributed by atoms with van der Waals surface area (Å²) in [6.45, 7) is -1.47. The Bertz CT molecular complexity index is 635. The van der Waals surface area contributed by atoms with Crippen LogP contribution in [0.5, 0.6) is 5.88 Å². The first-order valence-corrected chi connectivity index (χ1v) is 8.09. The smallest absolute Gasteiger partial charge is 0.340 e. The zero-order valence-electron chi connectivity index (χ0n) is 14.1. The van der Waals surface area contributed by atoms with Crippen molar-refractivity contribution in [3.05, 3.63) is 18.3 Å². The van der Waals surface area contributed by atoms with Gasteiger partial charge in [0.05, 0.1) is 17.8 Å². The summed E-state index contributed by atoms with van der Waals surface area (Å²) in [6, 6.07) is 2.50. The molecule has 0 saturated heterocycles. The first-order chi connectivity index (χ1) is 11.8. The molecular weight excluding hydrogens is 413 g/mol. The average Bonchev–Trinajstić information content (AvgIpc) is 3.15. The summed E-state index contributed by atoms with van der Waals surface area (Å²) in [5.41, 5.74) is 6.49. The average molecular weight is 434 g/mol. The van der Waals surface area contributed by atoms with Gasteiger partial charge in [-0.1, -0.05) is 0 Å². The zero-order chi connectivity index (χ0) is 18.2. The van der Waals surface area contributed by atoms with Crippen molar-refractivity contribution in [1.29, 1.82) is 0 Å². The first kappa shape index (κ1) is 23.7. The summed E-state index contributed by atoms with van der Waals surface area (Å²) in [4.78, 5) is 16.1. The maximum absolute atomic E-state index is 12.8. The molecule has 2 aliphatic rings. The molecule has 2 saturated carbocycles. The molecule has 2 fully saturated rings. The number of rotatable bonds is 6. The maximum Gasteiger partial charge on any atom is 0.340 e. The van der Waals surface area contributed by atoms with E-state index in [0.29, 0.717) is 17.5 Å². The predicted molar refractivity (Wildman–Crippen MR) is 96.1 cm³/mol. The maximum atomic E-state index is 12.8. The lowest BCUT2D eigenvalue weighted by Crippen LogP contribution is -2.42. The molecule has 0 spiro atoms. The third kappa shape index (κ3) is 5.14. The van der Waals surface area contributed by atoms with Gasteiger partial charge in [0, 0.05) is 12.1 Å². The number of alkyl halides is 4. The number of nitrogens with one attached hydrogen (secondary N) is 1. The third-order valence-corrected chi connectivity index (χ3v) is 5.02. The third-order valence-electron chi connectivity index (χ3n) is 5.02. The lowest BCUT2D eigenvalue weighted by atomic mass is 9.84. The van der Waals surface area contributed by atoms with E-state index >= 15 is 0 Å². The van der Waals surface area contributed by atoms with Gasteiger partial charge in [-0.05, 0) is 37.2 Å². The molecule has 1 aromatic rings. The molecule has 1 aromatic heterocycles. The van der Waals surface area contributed by atoms with E-state index in [1.165, 1.54) is 18.3 Å². The number of hydrogen-bond donors (Lipinski definition) is 2. The summed E-state index contributed by atoms with van der Waals surface area (Å²) < 4.78 is 54.3. The number of hydrogen-bond acceptors (Lipinski definition) is 4. The Morgan fingerprint density at radius 2 is 1.96 bits per heavy atom. The van der Waals surface area contributed by atoms with Crippen molar-refractivity contribution in [2.24, 2.45) is 23.5 Å². The second-order valence-corrected chi connectivity index (χ2v) is 6.66. The molecule has 1 heterocycles. The monoisotopic (exact) mass is 433 g/mol. The van der Waals surface area contributed by atoms with Crippen LogP contribution in [0.4, 0.5) is 23.2 Å². The van der Waals surface area contributed by atoms with Crippen LogP contribution in [0.15, 0.2) is 18.3 Å². The van der Waals surface area contributed by atoms with E-state index in [1.807, 2.05) is 0 Å². The Hall–Kier alpha value is -1.32. The normalized spacial score (nSPS) is 26.3. The quantitative estimate of drug-likeness (QED) is 0.672. The van der Waals surface area contributed by atoms with Gasteiger partial charge in [-0.3, -0.25) is 4.79 Å². The van der Waals surface area contributed by atoms with Gasteiger partial charge in [-0.2, -0.15) is 8.78 Å². The Morgan fingerprint density at radius 3 is 2.48 bits per heavy atom. The molecule has 3 N–H and O–H groups in total. The predicted octanol–water partition coefficient (Wildman–Crippen LogP) is 3.52. The summed E-state index contributed by atoms with van der Waals surface area (Å²) in [5.74, 6) is -4.20. The molecule has 0 radical (unpaired) electrons. The number of halogens is 6. The number of pyridine rings is 1. The lowest BCUT2D eigenvalue weighted by Gasteiger charge is -2.26. The number of carbonyl (C=O) groups excluding carboxylic acids is 1. The van der Waals surface area contributed by atoms with Crippen LogP contribution >= 0.6 is 24.8 Å². The van der Waals surface area contributed by atoms with Crippen LogP contribution in [-0.2, 0) is 4.79 Å². The van der Waals surface area contributed by atoms with Crippen molar-refractivity contribution in [3.63, 3.8) is 0 Å². The molecule has 4 atom stereocenters. The minimum absolute atomic E-state index is 0. The molecule has 2 aliphatic carbocycles. The highest BCUT2D eigenvalue weighted by molar-refractivity contribution is 5.93. The van der Waals surface area contributed by atoms with Gasteiger partial charge in [0.25, 0.3) is 0 Å². The number of aromatic nitrogens is 1. The first-order valence-electron chi connectivity index (χ1n) is 8.09. The molecule has 1 amide bonds. The molecule has 3 rings (SSSR count). The summed E-state index contributed by atoms with van der Waals surface area (Å²) >= 11 is 0. The summed E-state index contributed by atoms with van der Waals surface area (Å²) in [5, 5.41) is 2.71. The van der Waals surface area contributed by atoms with Crippen LogP contribution in [0.25, 0.3) is 0 Å². The van der Waals surface area contributed by atoms with E-state index in [-0.39, 0.29) is 48.6 Å². The Kier molecular flexibility index (Phi) is 8.13. The van der Waals surface area contributed by atoms with Crippen molar-refractivity contribution in [1.82, 2.24) is 4.98 Å². The van der Waals surface area contributed by atoms with Gasteiger partial charge in [0.15, 0.2) is 6.61 Å². The van der Waals surface area contributed by atoms with Gasteiger partial charge in [0.1, 0.15) is 0 Å².